The van der Waals surface area contributed by atoms with Gasteiger partial charge in [-0.05, 0) is 44.0 Å². The molecule has 1 N–H and O–H groups in total. The first kappa shape index (κ1) is 18.8. The Morgan fingerprint density at radius 1 is 1.23 bits per heavy atom. The van der Waals surface area contributed by atoms with Gasteiger partial charge < -0.3 is 5.11 Å². The number of hydrogen-bond acceptors (Lipinski definition) is 4. The maximum Gasteiger partial charge on any atom is 0.416 e. The molecule has 0 amide bonds. The standard InChI is InChI=1S/C18H22F3N3O2/c19-18(20,21)13-5-6-15-16(10-13)22-12-24(17(15)26)9-3-8-23-7-2-1-4-14(23)11-25/h5-6,10,12,14,25H,1-4,7-9,11H2/t14-/m1/s1. The molecule has 2 heterocycles. The molecular formula is C18H22F3N3O2. The van der Waals surface area contributed by atoms with Crippen molar-refractivity contribution in [3.63, 3.8) is 0 Å². The van der Waals surface area contributed by atoms with Gasteiger partial charge in [0.05, 0.1) is 29.4 Å². The van der Waals surface area contributed by atoms with E-state index in [9.17, 15) is 23.1 Å². The van der Waals surface area contributed by atoms with Crippen LogP contribution in [0.4, 0.5) is 13.2 Å². The first-order chi connectivity index (χ1) is 12.4. The predicted molar refractivity (Wildman–Crippen MR) is 91.9 cm³/mol. The van der Waals surface area contributed by atoms with Crippen LogP contribution in [-0.2, 0) is 12.7 Å². The molecule has 1 atom stereocenters. The van der Waals surface area contributed by atoms with E-state index in [2.05, 4.69) is 9.88 Å². The van der Waals surface area contributed by atoms with Gasteiger partial charge in [-0.3, -0.25) is 14.3 Å². The molecule has 3 rings (SSSR count). The Hall–Kier alpha value is -1.93. The van der Waals surface area contributed by atoms with Crippen molar-refractivity contribution >= 4 is 10.9 Å². The third kappa shape index (κ3) is 4.07. The number of nitrogens with zero attached hydrogens (tertiary/aromatic N) is 3. The molecule has 0 aliphatic carbocycles. The molecule has 0 saturated carbocycles. The fourth-order valence-electron chi connectivity index (χ4n) is 3.50. The summed E-state index contributed by atoms with van der Waals surface area (Å²) < 4.78 is 39.7. The first-order valence-electron chi connectivity index (χ1n) is 8.81. The lowest BCUT2D eigenvalue weighted by Gasteiger charge is -2.34. The summed E-state index contributed by atoms with van der Waals surface area (Å²) >= 11 is 0. The summed E-state index contributed by atoms with van der Waals surface area (Å²) in [5, 5.41) is 9.62. The molecule has 1 aromatic heterocycles. The number of piperidine rings is 1. The zero-order valence-corrected chi connectivity index (χ0v) is 14.4. The van der Waals surface area contributed by atoms with Crippen molar-refractivity contribution in [2.24, 2.45) is 0 Å². The molecular weight excluding hydrogens is 347 g/mol. The number of likely N-dealkylation sites (tertiary alicyclic amines) is 1. The molecule has 8 heteroatoms. The third-order valence-corrected chi connectivity index (χ3v) is 4.96. The van der Waals surface area contributed by atoms with Gasteiger partial charge in [-0.2, -0.15) is 13.2 Å². The monoisotopic (exact) mass is 369 g/mol. The lowest BCUT2D eigenvalue weighted by atomic mass is 10.0. The minimum absolute atomic E-state index is 0.0532. The molecule has 142 valence electrons. The number of rotatable bonds is 5. The van der Waals surface area contributed by atoms with Gasteiger partial charge in [-0.25, -0.2) is 4.98 Å². The number of fused-ring (bicyclic) bond motifs is 1. The highest BCUT2D eigenvalue weighted by atomic mass is 19.4. The van der Waals surface area contributed by atoms with Crippen LogP contribution in [0.3, 0.4) is 0 Å². The number of benzene rings is 1. The lowest BCUT2D eigenvalue weighted by Crippen LogP contribution is -2.42. The fourth-order valence-corrected chi connectivity index (χ4v) is 3.50. The van der Waals surface area contributed by atoms with Crippen LogP contribution in [0.15, 0.2) is 29.3 Å². The van der Waals surface area contributed by atoms with Gasteiger partial charge in [0.25, 0.3) is 5.56 Å². The highest BCUT2D eigenvalue weighted by Crippen LogP contribution is 2.30. The lowest BCUT2D eigenvalue weighted by molar-refractivity contribution is -0.137. The quantitative estimate of drug-likeness (QED) is 0.880. The normalized spacial score (nSPS) is 19.2. The van der Waals surface area contributed by atoms with E-state index in [0.29, 0.717) is 13.0 Å². The summed E-state index contributed by atoms with van der Waals surface area (Å²) in [6.07, 6.45) is 0.776. The predicted octanol–water partition coefficient (Wildman–Crippen LogP) is 2.65. The zero-order valence-electron chi connectivity index (χ0n) is 14.4. The highest BCUT2D eigenvalue weighted by Gasteiger charge is 2.30. The smallest absolute Gasteiger partial charge is 0.395 e. The number of halogens is 3. The minimum Gasteiger partial charge on any atom is -0.395 e. The summed E-state index contributed by atoms with van der Waals surface area (Å²) in [4.78, 5) is 18.7. The van der Waals surface area contributed by atoms with Crippen LogP contribution in [-0.4, -0.2) is 45.3 Å². The maximum atomic E-state index is 12.8. The molecule has 1 saturated heterocycles. The average molecular weight is 369 g/mol. The maximum absolute atomic E-state index is 12.8. The van der Waals surface area contributed by atoms with E-state index >= 15 is 0 Å². The number of aromatic nitrogens is 2. The van der Waals surface area contributed by atoms with Crippen LogP contribution in [0.5, 0.6) is 0 Å². The topological polar surface area (TPSA) is 58.4 Å². The number of hydrogen-bond donors (Lipinski definition) is 1. The molecule has 0 bridgehead atoms. The Kier molecular flexibility index (Phi) is 5.62. The Labute approximate surface area is 149 Å². The van der Waals surface area contributed by atoms with Gasteiger partial charge in [-0.1, -0.05) is 6.42 Å². The summed E-state index contributed by atoms with van der Waals surface area (Å²) in [6.45, 7) is 2.29. The van der Waals surface area contributed by atoms with Crippen molar-refractivity contribution < 1.29 is 18.3 Å². The molecule has 0 spiro atoms. The molecule has 5 nitrogen and oxygen atoms in total. The molecule has 1 fully saturated rings. The van der Waals surface area contributed by atoms with Crippen LogP contribution in [0.25, 0.3) is 10.9 Å². The molecule has 26 heavy (non-hydrogen) atoms. The second kappa shape index (κ2) is 7.75. The van der Waals surface area contributed by atoms with Crippen LogP contribution < -0.4 is 5.56 Å². The van der Waals surface area contributed by atoms with Crippen molar-refractivity contribution in [3.8, 4) is 0 Å². The minimum atomic E-state index is -4.46. The summed E-state index contributed by atoms with van der Waals surface area (Å²) in [5.74, 6) is 0. The second-order valence-corrected chi connectivity index (χ2v) is 6.69. The van der Waals surface area contributed by atoms with Crippen LogP contribution >= 0.6 is 0 Å². The van der Waals surface area contributed by atoms with E-state index in [-0.39, 0.29) is 29.1 Å². The fraction of sp³-hybridized carbons (Fsp3) is 0.556. The van der Waals surface area contributed by atoms with Crippen molar-refractivity contribution in [1.82, 2.24) is 14.5 Å². The van der Waals surface area contributed by atoms with Gasteiger partial charge in [0.15, 0.2) is 0 Å². The number of aliphatic hydroxyl groups is 1. The molecule has 1 aromatic carbocycles. The van der Waals surface area contributed by atoms with E-state index in [1.54, 1.807) is 0 Å². The van der Waals surface area contributed by atoms with Gasteiger partial charge in [0.1, 0.15) is 0 Å². The molecule has 1 aliphatic heterocycles. The van der Waals surface area contributed by atoms with Gasteiger partial charge in [0.2, 0.25) is 0 Å². The van der Waals surface area contributed by atoms with Crippen molar-refractivity contribution in [2.75, 3.05) is 19.7 Å². The van der Waals surface area contributed by atoms with Gasteiger partial charge >= 0.3 is 6.18 Å². The molecule has 0 unspecified atom stereocenters. The Morgan fingerprint density at radius 3 is 2.77 bits per heavy atom. The van der Waals surface area contributed by atoms with E-state index in [0.717, 1.165) is 44.5 Å². The number of aliphatic hydroxyl groups excluding tert-OH is 1. The van der Waals surface area contributed by atoms with Crippen molar-refractivity contribution in [3.05, 3.63) is 40.4 Å². The third-order valence-electron chi connectivity index (χ3n) is 4.96. The van der Waals surface area contributed by atoms with Crippen LogP contribution in [0.2, 0.25) is 0 Å². The Morgan fingerprint density at radius 2 is 2.04 bits per heavy atom. The molecule has 2 aromatic rings. The average Bonchev–Trinajstić information content (AvgIpc) is 2.63. The van der Waals surface area contributed by atoms with Gasteiger partial charge in [-0.15, -0.1) is 0 Å². The number of alkyl halides is 3. The zero-order chi connectivity index (χ0) is 18.7. The summed E-state index contributed by atoms with van der Waals surface area (Å²) in [6, 6.07) is 3.18. The Bertz CT molecular complexity index is 819. The van der Waals surface area contributed by atoms with Crippen molar-refractivity contribution in [1.29, 1.82) is 0 Å². The van der Waals surface area contributed by atoms with Crippen LogP contribution in [0.1, 0.15) is 31.2 Å². The van der Waals surface area contributed by atoms with E-state index in [1.165, 1.54) is 17.0 Å². The molecule has 0 radical (unpaired) electrons. The summed E-state index contributed by atoms with van der Waals surface area (Å²) in [5.41, 5.74) is -1.09. The SMILES string of the molecule is O=c1c2ccc(C(F)(F)F)cc2ncn1CCCN1CCCC[C@@H]1CO. The number of aryl methyl sites for hydroxylation is 1. The van der Waals surface area contributed by atoms with Crippen LogP contribution in [0, 0.1) is 0 Å². The largest absolute Gasteiger partial charge is 0.416 e. The second-order valence-electron chi connectivity index (χ2n) is 6.69. The highest BCUT2D eigenvalue weighted by molar-refractivity contribution is 5.78. The Balaban J connectivity index is 1.70. The van der Waals surface area contributed by atoms with E-state index in [4.69, 9.17) is 0 Å². The first-order valence-corrected chi connectivity index (χ1v) is 8.81. The van der Waals surface area contributed by atoms with Gasteiger partial charge in [0, 0.05) is 19.1 Å². The van der Waals surface area contributed by atoms with E-state index < -0.39 is 11.7 Å². The van der Waals surface area contributed by atoms with E-state index in [1.807, 2.05) is 0 Å². The molecule has 1 aliphatic rings. The van der Waals surface area contributed by atoms with Crippen molar-refractivity contribution in [2.45, 2.75) is 44.4 Å². The summed E-state index contributed by atoms with van der Waals surface area (Å²) in [7, 11) is 0.